The smallest absolute Gasteiger partial charge is 0.234 e. The lowest BCUT2D eigenvalue weighted by atomic mass is 9.45. The molecule has 0 bridgehead atoms. The van der Waals surface area contributed by atoms with Gasteiger partial charge in [-0.25, -0.2) is 4.39 Å². The van der Waals surface area contributed by atoms with Gasteiger partial charge in [0.15, 0.2) is 0 Å². The van der Waals surface area contributed by atoms with Crippen molar-refractivity contribution >= 4 is 0 Å². The molecule has 0 aromatic heterocycles. The molecule has 0 N–H and O–H groups in total. The van der Waals surface area contributed by atoms with E-state index < -0.39 is 22.7 Å². The Hall–Kier alpha value is -2.10. The molecule has 4 heteroatoms. The summed E-state index contributed by atoms with van der Waals surface area (Å²) in [6.45, 7) is 9.38. The fourth-order valence-corrected chi connectivity index (χ4v) is 11.8. The highest BCUT2D eigenvalue weighted by molar-refractivity contribution is 5.42. The summed E-state index contributed by atoms with van der Waals surface area (Å²) in [5.74, 6) is 1.01. The van der Waals surface area contributed by atoms with E-state index in [-0.39, 0.29) is 17.8 Å². The van der Waals surface area contributed by atoms with Gasteiger partial charge in [-0.3, -0.25) is 0 Å². The minimum Gasteiger partial charge on any atom is -0.234 e. The number of hydrogen-bond acceptors (Lipinski definition) is 0. The summed E-state index contributed by atoms with van der Waals surface area (Å²) < 4.78 is 59.9. The number of rotatable bonds is 5. The summed E-state index contributed by atoms with van der Waals surface area (Å²) in [5, 5.41) is 0. The van der Waals surface area contributed by atoms with E-state index in [2.05, 4.69) is 62.4 Å². The Morgan fingerprint density at radius 2 is 1.34 bits per heavy atom. The molecule has 0 nitrogen and oxygen atoms in total. The van der Waals surface area contributed by atoms with Gasteiger partial charge in [-0.2, -0.15) is 13.2 Å². The molecule has 6 unspecified atom stereocenters. The van der Waals surface area contributed by atoms with Crippen LogP contribution in [0.2, 0.25) is 0 Å². The molecule has 2 aromatic rings. The van der Waals surface area contributed by atoms with Gasteiger partial charge in [0.1, 0.15) is 0 Å². The summed E-state index contributed by atoms with van der Waals surface area (Å²) in [7, 11) is 0. The first-order valence-electron chi connectivity index (χ1n) is 18.7. The molecule has 1 spiro atoms. The van der Waals surface area contributed by atoms with Crippen LogP contribution in [0.15, 0.2) is 65.7 Å². The Morgan fingerprint density at radius 1 is 0.702 bits per heavy atom. The van der Waals surface area contributed by atoms with Gasteiger partial charge in [-0.15, -0.1) is 0 Å². The van der Waals surface area contributed by atoms with Crippen LogP contribution in [0.3, 0.4) is 0 Å². The van der Waals surface area contributed by atoms with Crippen molar-refractivity contribution in [1.29, 1.82) is 0 Å². The molecule has 2 aromatic carbocycles. The lowest BCUT2D eigenvalue weighted by molar-refractivity contribution is -0.281. The first-order valence-corrected chi connectivity index (χ1v) is 18.7. The highest BCUT2D eigenvalue weighted by Crippen LogP contribution is 2.74. The molecular formula is C43H56F4. The average molecular weight is 649 g/mol. The minimum atomic E-state index is -4.89. The Labute approximate surface area is 281 Å². The lowest BCUT2D eigenvalue weighted by Crippen LogP contribution is -2.59. The summed E-state index contributed by atoms with van der Waals surface area (Å²) in [5.41, 5.74) is 2.53. The molecule has 5 aliphatic carbocycles. The zero-order chi connectivity index (χ0) is 33.5. The molecule has 0 heterocycles. The highest BCUT2D eigenvalue weighted by atomic mass is 19.4. The average Bonchev–Trinajstić information content (AvgIpc) is 3.32. The molecule has 4 fully saturated rings. The number of aryl methyl sites for hydroxylation is 2. The quantitative estimate of drug-likeness (QED) is 0.224. The zero-order valence-corrected chi connectivity index (χ0v) is 29.4. The van der Waals surface area contributed by atoms with E-state index in [0.717, 1.165) is 39.0 Å². The number of benzene rings is 2. The van der Waals surface area contributed by atoms with Crippen molar-refractivity contribution in [2.24, 2.45) is 39.4 Å². The van der Waals surface area contributed by atoms with Crippen molar-refractivity contribution in [2.75, 3.05) is 0 Å². The van der Waals surface area contributed by atoms with E-state index in [4.69, 9.17) is 0 Å². The van der Waals surface area contributed by atoms with Crippen LogP contribution in [0.5, 0.6) is 0 Å². The Bertz CT molecular complexity index is 1470. The van der Waals surface area contributed by atoms with Gasteiger partial charge in [0, 0.05) is 11.3 Å². The first kappa shape index (κ1) is 33.4. The molecule has 47 heavy (non-hydrogen) atoms. The van der Waals surface area contributed by atoms with Crippen molar-refractivity contribution in [3.8, 4) is 0 Å². The van der Waals surface area contributed by atoms with Gasteiger partial charge >= 0.3 is 6.18 Å². The standard InChI is InChI=1S/C43H56F4/c1-38(2)23-25-42(26-24-38)22-19-33-32(27-42)17-18-34-36-20-21-40(4,41(5,44)43(45,46)47)39(36,3)28-35(37(33)34)31-15-13-30(14-16-31)12-11-29-9-7-6-8-10-29/h6-10,13-16,32,34-36H,11-12,17-28H2,1-5H3/t32?,34?,35?,36?,39?,40-,41?/m1/s1. The molecule has 0 aliphatic heterocycles. The molecule has 5 aliphatic rings. The number of allylic oxidation sites excluding steroid dienone is 2. The fourth-order valence-electron chi connectivity index (χ4n) is 11.8. The fraction of sp³-hybridized carbons (Fsp3) is 0.674. The van der Waals surface area contributed by atoms with Crippen LogP contribution in [0.4, 0.5) is 17.6 Å². The molecule has 0 saturated heterocycles. The predicted octanol–water partition coefficient (Wildman–Crippen LogP) is 12.8. The van der Waals surface area contributed by atoms with E-state index in [1.807, 2.05) is 13.0 Å². The molecule has 7 rings (SSSR count). The van der Waals surface area contributed by atoms with E-state index in [9.17, 15) is 13.2 Å². The SMILES string of the molecule is CC1(C)CCC2(CCC3=C4C(c5ccc(CCc6ccccc6)cc5)CC5(C)C(CC[C@@]5(C)C(C)(F)C(F)(F)F)C4CCC3C2)CC1. The third kappa shape index (κ3) is 5.45. The van der Waals surface area contributed by atoms with Gasteiger partial charge in [0.25, 0.3) is 0 Å². The van der Waals surface area contributed by atoms with Gasteiger partial charge in [-0.05, 0) is 148 Å². The van der Waals surface area contributed by atoms with Crippen LogP contribution >= 0.6 is 0 Å². The van der Waals surface area contributed by atoms with E-state index in [1.54, 1.807) is 18.1 Å². The van der Waals surface area contributed by atoms with Gasteiger partial charge < -0.3 is 0 Å². The summed E-state index contributed by atoms with van der Waals surface area (Å²) in [6.07, 6.45) is 9.82. The van der Waals surface area contributed by atoms with Crippen molar-refractivity contribution in [3.05, 3.63) is 82.4 Å². The van der Waals surface area contributed by atoms with Gasteiger partial charge in [0.2, 0.25) is 5.67 Å². The monoisotopic (exact) mass is 648 g/mol. The second-order valence-electron chi connectivity index (χ2n) is 18.1. The van der Waals surface area contributed by atoms with Crippen LogP contribution in [-0.4, -0.2) is 11.8 Å². The second-order valence-corrected chi connectivity index (χ2v) is 18.1. The third-order valence-corrected chi connectivity index (χ3v) is 15.4. The molecule has 7 atom stereocenters. The number of alkyl halides is 4. The van der Waals surface area contributed by atoms with E-state index >= 15 is 4.39 Å². The summed E-state index contributed by atoms with van der Waals surface area (Å²) >= 11 is 0. The van der Waals surface area contributed by atoms with Crippen molar-refractivity contribution in [3.63, 3.8) is 0 Å². The van der Waals surface area contributed by atoms with E-state index in [0.29, 0.717) is 36.0 Å². The maximum absolute atomic E-state index is 16.3. The van der Waals surface area contributed by atoms with Crippen molar-refractivity contribution in [2.45, 2.75) is 142 Å². The molecule has 256 valence electrons. The molecular weight excluding hydrogens is 592 g/mol. The third-order valence-electron chi connectivity index (χ3n) is 15.4. The molecule has 0 amide bonds. The molecule has 0 radical (unpaired) electrons. The normalized spacial score (nSPS) is 35.9. The Balaban J connectivity index is 1.25. The summed E-state index contributed by atoms with van der Waals surface area (Å²) in [6, 6.07) is 19.6. The molecule has 4 saturated carbocycles. The van der Waals surface area contributed by atoms with Crippen molar-refractivity contribution in [1.82, 2.24) is 0 Å². The summed E-state index contributed by atoms with van der Waals surface area (Å²) in [4.78, 5) is 0. The van der Waals surface area contributed by atoms with E-state index in [1.165, 1.54) is 55.2 Å². The zero-order valence-electron chi connectivity index (χ0n) is 29.4. The Kier molecular flexibility index (Phi) is 8.16. The minimum absolute atomic E-state index is 0.0584. The lowest BCUT2D eigenvalue weighted by Gasteiger charge is -2.59. The van der Waals surface area contributed by atoms with Crippen LogP contribution in [0, 0.1) is 39.4 Å². The van der Waals surface area contributed by atoms with Gasteiger partial charge in [0.05, 0.1) is 0 Å². The maximum atomic E-state index is 16.3. The number of halogens is 4. The van der Waals surface area contributed by atoms with Gasteiger partial charge in [-0.1, -0.05) is 93.4 Å². The first-order chi connectivity index (χ1) is 22.1. The number of fused-ring (bicyclic) bond motifs is 4. The predicted molar refractivity (Wildman–Crippen MR) is 184 cm³/mol. The topological polar surface area (TPSA) is 0 Å². The van der Waals surface area contributed by atoms with Crippen LogP contribution < -0.4 is 0 Å². The maximum Gasteiger partial charge on any atom is 0.422 e. The Morgan fingerprint density at radius 3 is 1.98 bits per heavy atom. The highest BCUT2D eigenvalue weighted by Gasteiger charge is 2.73. The van der Waals surface area contributed by atoms with Crippen LogP contribution in [0.25, 0.3) is 0 Å². The number of hydrogen-bond donors (Lipinski definition) is 0. The van der Waals surface area contributed by atoms with Crippen LogP contribution in [-0.2, 0) is 12.8 Å². The second kappa shape index (κ2) is 11.5. The largest absolute Gasteiger partial charge is 0.422 e. The van der Waals surface area contributed by atoms with Crippen LogP contribution in [0.1, 0.15) is 134 Å². The van der Waals surface area contributed by atoms with Crippen molar-refractivity contribution < 1.29 is 17.6 Å².